The highest BCUT2D eigenvalue weighted by Gasteiger charge is 2.34. The maximum Gasteiger partial charge on any atom is 0.311 e. The Balaban J connectivity index is 0.00000172. The molecule has 0 aromatic rings. The van der Waals surface area contributed by atoms with E-state index in [1.54, 1.807) is 0 Å². The number of unbranched alkanes of at least 4 members (excludes halogenated alkanes) is 3. The number of carbonyl (C=O) groups excluding carboxylic acids is 2. The van der Waals surface area contributed by atoms with E-state index in [0.29, 0.717) is 19.6 Å². The topological polar surface area (TPSA) is 46.6 Å². The van der Waals surface area contributed by atoms with Crippen molar-refractivity contribution in [3.8, 4) is 0 Å². The molecule has 0 N–H and O–H groups in total. The second-order valence-corrected chi connectivity index (χ2v) is 4.97. The molecule has 4 nitrogen and oxygen atoms in total. The van der Waals surface area contributed by atoms with Gasteiger partial charge in [-0.2, -0.15) is 0 Å². The van der Waals surface area contributed by atoms with Crippen molar-refractivity contribution in [2.45, 2.75) is 66.2 Å². The molecule has 1 fully saturated rings. The van der Waals surface area contributed by atoms with E-state index in [4.69, 9.17) is 4.74 Å². The average Bonchev–Trinajstić information content (AvgIpc) is 2.84. The Morgan fingerprint density at radius 3 is 2.50 bits per heavy atom. The molecule has 1 saturated heterocycles. The number of nitrogens with zero attached hydrogens (tertiary/aromatic N) is 1. The van der Waals surface area contributed by atoms with Gasteiger partial charge in [-0.15, -0.1) is 0 Å². The van der Waals surface area contributed by atoms with Gasteiger partial charge in [0.05, 0.1) is 12.5 Å². The molecule has 1 atom stereocenters. The summed E-state index contributed by atoms with van der Waals surface area (Å²) >= 11 is 0. The third-order valence-electron chi connectivity index (χ3n) is 3.28. The summed E-state index contributed by atoms with van der Waals surface area (Å²) < 4.78 is 5.10. The van der Waals surface area contributed by atoms with Crippen LogP contribution >= 0.6 is 0 Å². The van der Waals surface area contributed by atoms with E-state index in [1.165, 1.54) is 12.8 Å². The Bertz CT molecular complexity index is 279. The van der Waals surface area contributed by atoms with Gasteiger partial charge >= 0.3 is 5.97 Å². The van der Waals surface area contributed by atoms with Crippen molar-refractivity contribution < 1.29 is 14.3 Å². The van der Waals surface area contributed by atoms with Crippen molar-refractivity contribution in [2.75, 3.05) is 19.7 Å². The van der Waals surface area contributed by atoms with E-state index in [1.807, 2.05) is 25.7 Å². The third-order valence-corrected chi connectivity index (χ3v) is 3.28. The van der Waals surface area contributed by atoms with Crippen molar-refractivity contribution in [1.82, 2.24) is 4.90 Å². The second kappa shape index (κ2) is 11.7. The zero-order valence-electron chi connectivity index (χ0n) is 13.6. The van der Waals surface area contributed by atoms with Crippen molar-refractivity contribution in [3.05, 3.63) is 0 Å². The van der Waals surface area contributed by atoms with Gasteiger partial charge in [-0.25, -0.2) is 0 Å². The smallest absolute Gasteiger partial charge is 0.311 e. The lowest BCUT2D eigenvalue weighted by atomic mass is 10.1. The van der Waals surface area contributed by atoms with E-state index in [2.05, 4.69) is 6.92 Å². The summed E-state index contributed by atoms with van der Waals surface area (Å²) in [6.45, 7) is 9.93. The first-order valence-electron chi connectivity index (χ1n) is 8.13. The van der Waals surface area contributed by atoms with Gasteiger partial charge in [0.2, 0.25) is 5.91 Å². The van der Waals surface area contributed by atoms with E-state index in [9.17, 15) is 9.59 Å². The third kappa shape index (κ3) is 6.92. The second-order valence-electron chi connectivity index (χ2n) is 4.97. The number of amides is 1. The molecule has 0 saturated carbocycles. The summed E-state index contributed by atoms with van der Waals surface area (Å²) in [5.41, 5.74) is 0. The SMILES string of the molecule is CC.CCCCCCN1CC(C(=O)OCCC)CC1=O. The molecule has 20 heavy (non-hydrogen) atoms. The van der Waals surface area contributed by atoms with Crippen LogP contribution in [0.2, 0.25) is 0 Å². The normalized spacial score (nSPS) is 17.7. The number of hydrogen-bond acceptors (Lipinski definition) is 3. The number of ether oxygens (including phenoxy) is 1. The van der Waals surface area contributed by atoms with Crippen molar-refractivity contribution in [1.29, 1.82) is 0 Å². The van der Waals surface area contributed by atoms with Crippen LogP contribution in [-0.4, -0.2) is 36.5 Å². The number of esters is 1. The molecule has 1 aliphatic heterocycles. The van der Waals surface area contributed by atoms with Crippen LogP contribution in [0.1, 0.15) is 66.2 Å². The summed E-state index contributed by atoms with van der Waals surface area (Å²) in [6.07, 6.45) is 5.76. The Morgan fingerprint density at radius 2 is 1.90 bits per heavy atom. The summed E-state index contributed by atoms with van der Waals surface area (Å²) in [5, 5.41) is 0. The van der Waals surface area contributed by atoms with Crippen LogP contribution in [0.3, 0.4) is 0 Å². The van der Waals surface area contributed by atoms with E-state index >= 15 is 0 Å². The molecule has 118 valence electrons. The van der Waals surface area contributed by atoms with Gasteiger partial charge in [-0.05, 0) is 12.8 Å². The minimum absolute atomic E-state index is 0.102. The zero-order chi connectivity index (χ0) is 15.4. The van der Waals surface area contributed by atoms with Gasteiger partial charge in [0.15, 0.2) is 0 Å². The predicted octanol–water partition coefficient (Wildman–Crippen LogP) is 3.39. The Labute approximate surface area is 123 Å². The minimum Gasteiger partial charge on any atom is -0.465 e. The average molecular weight is 285 g/mol. The Kier molecular flexibility index (Phi) is 11.1. The molecule has 0 bridgehead atoms. The summed E-state index contributed by atoms with van der Waals surface area (Å²) in [5.74, 6) is -0.346. The summed E-state index contributed by atoms with van der Waals surface area (Å²) in [6, 6.07) is 0. The van der Waals surface area contributed by atoms with Crippen LogP contribution in [0, 0.1) is 5.92 Å². The monoisotopic (exact) mass is 285 g/mol. The molecule has 1 rings (SSSR count). The van der Waals surface area contributed by atoms with Gasteiger partial charge in [0.1, 0.15) is 0 Å². The van der Waals surface area contributed by atoms with Crippen LogP contribution in [0.15, 0.2) is 0 Å². The van der Waals surface area contributed by atoms with E-state index in [0.717, 1.165) is 25.8 Å². The van der Waals surface area contributed by atoms with Crippen molar-refractivity contribution >= 4 is 11.9 Å². The molecule has 4 heteroatoms. The molecular formula is C16H31NO3. The lowest BCUT2D eigenvalue weighted by molar-refractivity contribution is -0.148. The Morgan fingerprint density at radius 1 is 1.20 bits per heavy atom. The van der Waals surface area contributed by atoms with Crippen LogP contribution in [0.4, 0.5) is 0 Å². The van der Waals surface area contributed by atoms with Crippen LogP contribution in [0.25, 0.3) is 0 Å². The zero-order valence-corrected chi connectivity index (χ0v) is 13.6. The molecule has 1 heterocycles. The molecular weight excluding hydrogens is 254 g/mol. The van der Waals surface area contributed by atoms with Crippen molar-refractivity contribution in [3.63, 3.8) is 0 Å². The van der Waals surface area contributed by atoms with Gasteiger partial charge in [0.25, 0.3) is 0 Å². The number of likely N-dealkylation sites (tertiary alicyclic amines) is 1. The van der Waals surface area contributed by atoms with Gasteiger partial charge in [-0.3, -0.25) is 9.59 Å². The summed E-state index contributed by atoms with van der Waals surface area (Å²) in [7, 11) is 0. The lowest BCUT2D eigenvalue weighted by Crippen LogP contribution is -2.27. The molecule has 1 aliphatic rings. The molecule has 0 aromatic carbocycles. The summed E-state index contributed by atoms with van der Waals surface area (Å²) in [4.78, 5) is 25.2. The fourth-order valence-electron chi connectivity index (χ4n) is 2.20. The van der Waals surface area contributed by atoms with Gasteiger partial charge in [0, 0.05) is 19.5 Å². The molecule has 0 aliphatic carbocycles. The first-order valence-corrected chi connectivity index (χ1v) is 8.13. The maximum atomic E-state index is 11.7. The van der Waals surface area contributed by atoms with Crippen molar-refractivity contribution in [2.24, 2.45) is 5.92 Å². The quantitative estimate of drug-likeness (QED) is 0.507. The highest BCUT2D eigenvalue weighted by molar-refractivity contribution is 5.86. The van der Waals surface area contributed by atoms with Crippen LogP contribution < -0.4 is 0 Å². The van der Waals surface area contributed by atoms with Gasteiger partial charge in [-0.1, -0.05) is 47.0 Å². The van der Waals surface area contributed by atoms with Gasteiger partial charge < -0.3 is 9.64 Å². The number of carbonyl (C=O) groups is 2. The van der Waals surface area contributed by atoms with E-state index in [-0.39, 0.29) is 17.8 Å². The minimum atomic E-state index is -0.241. The largest absolute Gasteiger partial charge is 0.465 e. The van der Waals surface area contributed by atoms with Crippen LogP contribution in [0.5, 0.6) is 0 Å². The molecule has 0 aromatic heterocycles. The lowest BCUT2D eigenvalue weighted by Gasteiger charge is -2.16. The van der Waals surface area contributed by atoms with E-state index < -0.39 is 0 Å². The molecule has 1 unspecified atom stereocenters. The predicted molar refractivity (Wildman–Crippen MR) is 81.4 cm³/mol. The first kappa shape index (κ1) is 18.9. The Hall–Kier alpha value is -1.06. The highest BCUT2D eigenvalue weighted by Crippen LogP contribution is 2.20. The molecule has 0 spiro atoms. The number of rotatable bonds is 8. The highest BCUT2D eigenvalue weighted by atomic mass is 16.5. The fraction of sp³-hybridized carbons (Fsp3) is 0.875. The first-order chi connectivity index (χ1) is 9.69. The molecule has 0 radical (unpaired) electrons. The maximum absolute atomic E-state index is 11.7. The fourth-order valence-corrected chi connectivity index (χ4v) is 2.20. The standard InChI is InChI=1S/C14H25NO3.C2H6/c1-3-5-6-7-8-15-11-12(10-13(15)16)14(17)18-9-4-2;1-2/h12H,3-11H2,1-2H3;1-2H3. The van der Waals surface area contributed by atoms with Crippen LogP contribution in [-0.2, 0) is 14.3 Å². The number of hydrogen-bond donors (Lipinski definition) is 0. The molecule has 1 amide bonds.